The second kappa shape index (κ2) is 5.01. The van der Waals surface area contributed by atoms with Crippen LogP contribution in [0.5, 0.6) is 5.75 Å². The first kappa shape index (κ1) is 11.0. The molecule has 3 heteroatoms. The third kappa shape index (κ3) is 2.54. The summed E-state index contributed by atoms with van der Waals surface area (Å²) in [7, 11) is 1.68. The highest BCUT2D eigenvalue weighted by molar-refractivity contribution is 5.83. The van der Waals surface area contributed by atoms with E-state index < -0.39 is 0 Å². The molecule has 0 spiro atoms. The number of aliphatic imine (C=N–C) groups is 1. The summed E-state index contributed by atoms with van der Waals surface area (Å²) in [5.74, 6) is 2.04. The molecule has 86 valence electrons. The van der Waals surface area contributed by atoms with E-state index in [4.69, 9.17) is 4.74 Å². The largest absolute Gasteiger partial charge is 0.497 e. The van der Waals surface area contributed by atoms with E-state index in [9.17, 15) is 0 Å². The summed E-state index contributed by atoms with van der Waals surface area (Å²) in [5.41, 5.74) is 1.26. The quantitative estimate of drug-likeness (QED) is 0.845. The number of rotatable bonds is 3. The number of nitrogens with zero attached hydrogens (tertiary/aromatic N) is 1. The zero-order chi connectivity index (χ0) is 11.4. The molecule has 1 unspecified atom stereocenters. The number of methoxy groups -OCH3 is 1. The summed E-state index contributed by atoms with van der Waals surface area (Å²) in [5, 5.41) is 3.44. The molecule has 0 saturated heterocycles. The maximum Gasteiger partial charge on any atom is 0.118 e. The van der Waals surface area contributed by atoms with E-state index in [1.165, 1.54) is 12.0 Å². The van der Waals surface area contributed by atoms with Crippen LogP contribution in [0.3, 0.4) is 0 Å². The van der Waals surface area contributed by atoms with Gasteiger partial charge in [0.2, 0.25) is 0 Å². The molecule has 1 heterocycles. The SMILES string of the molecule is COc1ccc(C(C)NC2=NCCC2)cc1. The highest BCUT2D eigenvalue weighted by Gasteiger charge is 2.10. The lowest BCUT2D eigenvalue weighted by Gasteiger charge is -2.15. The van der Waals surface area contributed by atoms with E-state index >= 15 is 0 Å². The van der Waals surface area contributed by atoms with Gasteiger partial charge in [-0.2, -0.15) is 0 Å². The van der Waals surface area contributed by atoms with Crippen molar-refractivity contribution in [2.75, 3.05) is 13.7 Å². The monoisotopic (exact) mass is 218 g/mol. The van der Waals surface area contributed by atoms with E-state index in [1.54, 1.807) is 7.11 Å². The summed E-state index contributed by atoms with van der Waals surface area (Å²) in [6, 6.07) is 8.47. The van der Waals surface area contributed by atoms with Gasteiger partial charge in [-0.25, -0.2) is 0 Å². The van der Waals surface area contributed by atoms with Crippen molar-refractivity contribution in [2.24, 2.45) is 4.99 Å². The average molecular weight is 218 g/mol. The molecular formula is C13H18N2O. The van der Waals surface area contributed by atoms with E-state index in [1.807, 2.05) is 12.1 Å². The van der Waals surface area contributed by atoms with Crippen LogP contribution in [0.4, 0.5) is 0 Å². The predicted octanol–water partition coefficient (Wildman–Crippen LogP) is 2.54. The maximum atomic E-state index is 5.14. The Morgan fingerprint density at radius 2 is 2.06 bits per heavy atom. The molecule has 0 radical (unpaired) electrons. The molecule has 1 atom stereocenters. The van der Waals surface area contributed by atoms with Crippen molar-refractivity contribution in [1.29, 1.82) is 0 Å². The lowest BCUT2D eigenvalue weighted by atomic mass is 10.1. The molecule has 1 aliphatic heterocycles. The van der Waals surface area contributed by atoms with Gasteiger partial charge >= 0.3 is 0 Å². The minimum absolute atomic E-state index is 0.308. The third-order valence-corrected chi connectivity index (χ3v) is 2.87. The number of ether oxygens (including phenoxy) is 1. The van der Waals surface area contributed by atoms with Crippen molar-refractivity contribution in [1.82, 2.24) is 5.32 Å². The lowest BCUT2D eigenvalue weighted by molar-refractivity contribution is 0.414. The van der Waals surface area contributed by atoms with Gasteiger partial charge in [-0.05, 0) is 31.0 Å². The normalized spacial score (nSPS) is 16.8. The molecule has 0 bridgehead atoms. The van der Waals surface area contributed by atoms with Crippen LogP contribution < -0.4 is 10.1 Å². The number of hydrogen-bond acceptors (Lipinski definition) is 3. The molecule has 0 saturated carbocycles. The molecule has 2 rings (SSSR count). The minimum atomic E-state index is 0.308. The molecule has 1 aromatic rings. The fourth-order valence-electron chi connectivity index (χ4n) is 1.88. The Morgan fingerprint density at radius 1 is 1.31 bits per heavy atom. The van der Waals surface area contributed by atoms with Gasteiger partial charge < -0.3 is 10.1 Å². The lowest BCUT2D eigenvalue weighted by Crippen LogP contribution is -2.24. The van der Waals surface area contributed by atoms with Crippen molar-refractivity contribution in [3.8, 4) is 5.75 Å². The first-order chi connectivity index (χ1) is 7.79. The van der Waals surface area contributed by atoms with Gasteiger partial charge in [0, 0.05) is 19.0 Å². The maximum absolute atomic E-state index is 5.14. The fourth-order valence-corrected chi connectivity index (χ4v) is 1.88. The van der Waals surface area contributed by atoms with Crippen molar-refractivity contribution in [2.45, 2.75) is 25.8 Å². The molecule has 0 amide bonds. The number of benzene rings is 1. The first-order valence-electron chi connectivity index (χ1n) is 5.73. The second-order valence-electron chi connectivity index (χ2n) is 4.07. The Kier molecular flexibility index (Phi) is 3.44. The third-order valence-electron chi connectivity index (χ3n) is 2.87. The van der Waals surface area contributed by atoms with Crippen LogP contribution in [-0.2, 0) is 0 Å². The zero-order valence-electron chi connectivity index (χ0n) is 9.86. The van der Waals surface area contributed by atoms with Gasteiger partial charge in [-0.3, -0.25) is 4.99 Å². The highest BCUT2D eigenvalue weighted by Crippen LogP contribution is 2.18. The summed E-state index contributed by atoms with van der Waals surface area (Å²) in [4.78, 5) is 4.42. The average Bonchev–Trinajstić information content (AvgIpc) is 2.82. The Bertz CT molecular complexity index is 370. The van der Waals surface area contributed by atoms with Gasteiger partial charge in [0.05, 0.1) is 12.9 Å². The van der Waals surface area contributed by atoms with E-state index in [2.05, 4.69) is 29.4 Å². The number of nitrogens with one attached hydrogen (secondary N) is 1. The smallest absolute Gasteiger partial charge is 0.118 e. The van der Waals surface area contributed by atoms with Crippen molar-refractivity contribution in [3.05, 3.63) is 29.8 Å². The standard InChI is InChI=1S/C13H18N2O/c1-10(15-13-4-3-9-14-13)11-5-7-12(16-2)8-6-11/h5-8,10H,3-4,9H2,1-2H3,(H,14,15). The van der Waals surface area contributed by atoms with Gasteiger partial charge in [0.15, 0.2) is 0 Å². The molecule has 0 fully saturated rings. The molecule has 0 aromatic heterocycles. The number of amidine groups is 1. The molecular weight excluding hydrogens is 200 g/mol. The second-order valence-corrected chi connectivity index (χ2v) is 4.07. The van der Waals surface area contributed by atoms with Gasteiger partial charge in [-0.1, -0.05) is 12.1 Å². The van der Waals surface area contributed by atoms with Gasteiger partial charge in [-0.15, -0.1) is 0 Å². The highest BCUT2D eigenvalue weighted by atomic mass is 16.5. The fraction of sp³-hybridized carbons (Fsp3) is 0.462. The van der Waals surface area contributed by atoms with Gasteiger partial charge in [0.25, 0.3) is 0 Å². The van der Waals surface area contributed by atoms with Crippen LogP contribution in [0.2, 0.25) is 0 Å². The topological polar surface area (TPSA) is 33.6 Å². The van der Waals surface area contributed by atoms with Crippen LogP contribution >= 0.6 is 0 Å². The van der Waals surface area contributed by atoms with Crippen molar-refractivity contribution < 1.29 is 4.74 Å². The Labute approximate surface area is 96.5 Å². The summed E-state index contributed by atoms with van der Waals surface area (Å²) in [6.45, 7) is 3.13. The van der Waals surface area contributed by atoms with E-state index in [0.29, 0.717) is 6.04 Å². The molecule has 1 aromatic carbocycles. The van der Waals surface area contributed by atoms with Crippen LogP contribution in [0.1, 0.15) is 31.4 Å². The van der Waals surface area contributed by atoms with Crippen LogP contribution in [0.25, 0.3) is 0 Å². The summed E-state index contributed by atoms with van der Waals surface area (Å²) < 4.78 is 5.14. The van der Waals surface area contributed by atoms with Crippen LogP contribution in [-0.4, -0.2) is 19.5 Å². The predicted molar refractivity (Wildman–Crippen MR) is 66.1 cm³/mol. The number of hydrogen-bond donors (Lipinski definition) is 1. The zero-order valence-corrected chi connectivity index (χ0v) is 9.86. The Morgan fingerprint density at radius 3 is 2.62 bits per heavy atom. The minimum Gasteiger partial charge on any atom is -0.497 e. The van der Waals surface area contributed by atoms with Crippen molar-refractivity contribution in [3.63, 3.8) is 0 Å². The Balaban J connectivity index is 1.99. The van der Waals surface area contributed by atoms with E-state index in [0.717, 1.165) is 24.6 Å². The Hall–Kier alpha value is -1.51. The molecule has 0 aliphatic carbocycles. The van der Waals surface area contributed by atoms with Crippen molar-refractivity contribution >= 4 is 5.84 Å². The van der Waals surface area contributed by atoms with Crippen LogP contribution in [0, 0.1) is 0 Å². The van der Waals surface area contributed by atoms with Gasteiger partial charge in [0.1, 0.15) is 5.75 Å². The first-order valence-corrected chi connectivity index (χ1v) is 5.73. The molecule has 1 N–H and O–H groups in total. The molecule has 16 heavy (non-hydrogen) atoms. The van der Waals surface area contributed by atoms with Crippen LogP contribution in [0.15, 0.2) is 29.3 Å². The van der Waals surface area contributed by atoms with E-state index in [-0.39, 0.29) is 0 Å². The summed E-state index contributed by atoms with van der Waals surface area (Å²) in [6.07, 6.45) is 2.26. The molecule has 1 aliphatic rings. The molecule has 3 nitrogen and oxygen atoms in total. The summed E-state index contributed by atoms with van der Waals surface area (Å²) >= 11 is 0.